The molecule has 2 aromatic carbocycles. The molecule has 8 heteroatoms. The van der Waals surface area contributed by atoms with E-state index in [-0.39, 0.29) is 12.5 Å². The van der Waals surface area contributed by atoms with Crippen LogP contribution in [-0.2, 0) is 11.4 Å². The number of hydrogen-bond acceptors (Lipinski definition) is 4. The van der Waals surface area contributed by atoms with Gasteiger partial charge in [-0.05, 0) is 42.8 Å². The van der Waals surface area contributed by atoms with Crippen molar-refractivity contribution in [1.82, 2.24) is 4.90 Å². The minimum atomic E-state index is -0.0821. The van der Waals surface area contributed by atoms with Gasteiger partial charge >= 0.3 is 0 Å². The van der Waals surface area contributed by atoms with E-state index < -0.39 is 0 Å². The molecule has 0 spiro atoms. The summed E-state index contributed by atoms with van der Waals surface area (Å²) in [7, 11) is 0. The van der Waals surface area contributed by atoms with Crippen molar-refractivity contribution in [2.75, 3.05) is 6.54 Å². The Labute approximate surface area is 182 Å². The first-order chi connectivity index (χ1) is 12.9. The maximum atomic E-state index is 12.3. The van der Waals surface area contributed by atoms with Gasteiger partial charge in [0.1, 0.15) is 16.7 Å². The van der Waals surface area contributed by atoms with Gasteiger partial charge in [0.2, 0.25) is 0 Å². The van der Waals surface area contributed by atoms with E-state index in [2.05, 4.69) is 0 Å². The zero-order valence-corrected chi connectivity index (χ0v) is 18.1. The van der Waals surface area contributed by atoms with Crippen LogP contribution in [0, 0.1) is 0 Å². The molecule has 0 bridgehead atoms. The van der Waals surface area contributed by atoms with Crippen LogP contribution >= 0.6 is 58.8 Å². The number of halogens is 3. The lowest BCUT2D eigenvalue weighted by molar-refractivity contribution is -0.121. The summed E-state index contributed by atoms with van der Waals surface area (Å²) in [6.45, 7) is 2.72. The summed E-state index contributed by atoms with van der Waals surface area (Å²) in [5.74, 6) is 0.447. The zero-order chi connectivity index (χ0) is 19.6. The molecule has 1 fully saturated rings. The highest BCUT2D eigenvalue weighted by Gasteiger charge is 2.30. The average Bonchev–Trinajstić information content (AvgIpc) is 2.88. The standard InChI is InChI=1S/C19H14Cl3NO2S2/c1-2-23-18(24)17(27-19(23)26)8-11-3-6-16(15(22)7-11)25-10-12-4-5-13(20)9-14(12)21/h3-9H,2,10H2,1H3/b17-8-. The normalized spacial score (nSPS) is 15.7. The number of thioether (sulfide) groups is 1. The highest BCUT2D eigenvalue weighted by molar-refractivity contribution is 8.26. The molecule has 3 nitrogen and oxygen atoms in total. The van der Waals surface area contributed by atoms with Crippen LogP contribution in [0.3, 0.4) is 0 Å². The van der Waals surface area contributed by atoms with Crippen molar-refractivity contribution < 1.29 is 9.53 Å². The van der Waals surface area contributed by atoms with Gasteiger partial charge in [0.15, 0.2) is 0 Å². The molecule has 2 aromatic rings. The maximum absolute atomic E-state index is 12.3. The number of carbonyl (C=O) groups excluding carboxylic acids is 1. The second-order valence-electron chi connectivity index (χ2n) is 5.64. The first kappa shape index (κ1) is 20.5. The first-order valence-corrected chi connectivity index (χ1v) is 10.4. The lowest BCUT2D eigenvalue weighted by Crippen LogP contribution is -2.27. The van der Waals surface area contributed by atoms with Crippen LogP contribution in [0.15, 0.2) is 41.3 Å². The Kier molecular flexibility index (Phi) is 6.71. The van der Waals surface area contributed by atoms with Crippen molar-refractivity contribution in [3.63, 3.8) is 0 Å². The Morgan fingerprint density at radius 1 is 1.15 bits per heavy atom. The van der Waals surface area contributed by atoms with Crippen molar-refractivity contribution in [3.8, 4) is 5.75 Å². The Morgan fingerprint density at radius 3 is 2.56 bits per heavy atom. The maximum Gasteiger partial charge on any atom is 0.266 e. The number of hydrogen-bond donors (Lipinski definition) is 0. The van der Waals surface area contributed by atoms with Gasteiger partial charge < -0.3 is 4.74 Å². The SMILES string of the molecule is CCN1C(=O)/C(=C/c2ccc(OCc3ccc(Cl)cc3Cl)c(Cl)c2)SC1=S. The van der Waals surface area contributed by atoms with E-state index in [0.717, 1.165) is 11.1 Å². The molecule has 0 N–H and O–H groups in total. The number of nitrogens with zero attached hydrogens (tertiary/aromatic N) is 1. The Bertz CT molecular complexity index is 947. The van der Waals surface area contributed by atoms with Crippen molar-refractivity contribution >= 4 is 75.1 Å². The van der Waals surface area contributed by atoms with E-state index in [9.17, 15) is 4.79 Å². The Morgan fingerprint density at radius 2 is 1.93 bits per heavy atom. The molecular weight excluding hydrogens is 445 g/mol. The zero-order valence-electron chi connectivity index (χ0n) is 14.2. The van der Waals surface area contributed by atoms with Gasteiger partial charge in [0, 0.05) is 22.2 Å². The molecule has 0 radical (unpaired) electrons. The Balaban J connectivity index is 1.73. The fraction of sp³-hybridized carbons (Fsp3) is 0.158. The number of rotatable bonds is 5. The van der Waals surface area contributed by atoms with Crippen LogP contribution in [0.4, 0.5) is 0 Å². The van der Waals surface area contributed by atoms with E-state index in [1.807, 2.05) is 19.1 Å². The van der Waals surface area contributed by atoms with Gasteiger partial charge in [0.25, 0.3) is 5.91 Å². The highest BCUT2D eigenvalue weighted by atomic mass is 35.5. The van der Waals surface area contributed by atoms with Gasteiger partial charge in [-0.1, -0.05) is 70.9 Å². The smallest absolute Gasteiger partial charge is 0.266 e. The molecule has 1 heterocycles. The van der Waals surface area contributed by atoms with Gasteiger partial charge in [-0.25, -0.2) is 0 Å². The molecule has 1 saturated heterocycles. The first-order valence-electron chi connectivity index (χ1n) is 8.00. The summed E-state index contributed by atoms with van der Waals surface area (Å²) in [6.07, 6.45) is 1.78. The quantitative estimate of drug-likeness (QED) is 0.380. The van der Waals surface area contributed by atoms with E-state index in [4.69, 9.17) is 51.8 Å². The summed E-state index contributed by atoms with van der Waals surface area (Å²) < 4.78 is 6.33. The number of benzene rings is 2. The molecule has 0 unspecified atom stereocenters. The van der Waals surface area contributed by atoms with E-state index in [1.54, 1.807) is 35.2 Å². The van der Waals surface area contributed by atoms with Crippen LogP contribution in [0.2, 0.25) is 15.1 Å². The fourth-order valence-electron chi connectivity index (χ4n) is 2.44. The molecule has 3 rings (SSSR count). The molecule has 1 aliphatic rings. The largest absolute Gasteiger partial charge is 0.487 e. The Hall–Kier alpha value is -1.24. The molecule has 27 heavy (non-hydrogen) atoms. The number of carbonyl (C=O) groups is 1. The molecule has 1 aliphatic heterocycles. The van der Waals surface area contributed by atoms with Gasteiger partial charge in [-0.15, -0.1) is 0 Å². The van der Waals surface area contributed by atoms with Gasteiger partial charge in [-0.3, -0.25) is 9.69 Å². The fourth-order valence-corrected chi connectivity index (χ4v) is 4.53. The molecule has 140 valence electrons. The minimum Gasteiger partial charge on any atom is -0.487 e. The van der Waals surface area contributed by atoms with Crippen LogP contribution in [0.5, 0.6) is 5.75 Å². The molecule has 0 aliphatic carbocycles. The molecular formula is C19H14Cl3NO2S2. The number of amides is 1. The molecule has 1 amide bonds. The van der Waals surface area contributed by atoms with E-state index in [0.29, 0.717) is 36.6 Å². The van der Waals surface area contributed by atoms with Crippen LogP contribution in [-0.4, -0.2) is 21.7 Å². The van der Waals surface area contributed by atoms with Crippen molar-refractivity contribution in [2.24, 2.45) is 0 Å². The third-order valence-electron chi connectivity index (χ3n) is 3.84. The third-order valence-corrected chi connectivity index (χ3v) is 6.10. The lowest BCUT2D eigenvalue weighted by atomic mass is 10.2. The topological polar surface area (TPSA) is 29.5 Å². The summed E-state index contributed by atoms with van der Waals surface area (Å²) >= 11 is 24.9. The predicted molar refractivity (Wildman–Crippen MR) is 118 cm³/mol. The van der Waals surface area contributed by atoms with Crippen molar-refractivity contribution in [2.45, 2.75) is 13.5 Å². The van der Waals surface area contributed by atoms with E-state index in [1.165, 1.54) is 11.8 Å². The minimum absolute atomic E-state index is 0.0821. The highest BCUT2D eigenvalue weighted by Crippen LogP contribution is 2.34. The van der Waals surface area contributed by atoms with Crippen molar-refractivity contribution in [3.05, 3.63) is 67.5 Å². The molecule has 0 aromatic heterocycles. The summed E-state index contributed by atoms with van der Waals surface area (Å²) in [5, 5.41) is 1.55. The van der Waals surface area contributed by atoms with E-state index >= 15 is 0 Å². The monoisotopic (exact) mass is 457 g/mol. The number of thiocarbonyl (C=S) groups is 1. The van der Waals surface area contributed by atoms with Gasteiger partial charge in [0.05, 0.1) is 9.93 Å². The van der Waals surface area contributed by atoms with Crippen molar-refractivity contribution in [1.29, 1.82) is 0 Å². The van der Waals surface area contributed by atoms with Crippen LogP contribution in [0.25, 0.3) is 6.08 Å². The summed E-state index contributed by atoms with van der Waals surface area (Å²) in [5.41, 5.74) is 1.61. The summed E-state index contributed by atoms with van der Waals surface area (Å²) in [4.78, 5) is 14.4. The summed E-state index contributed by atoms with van der Waals surface area (Å²) in [6, 6.07) is 10.6. The third kappa shape index (κ3) is 4.79. The van der Waals surface area contributed by atoms with Crippen LogP contribution < -0.4 is 4.74 Å². The van der Waals surface area contributed by atoms with Crippen LogP contribution in [0.1, 0.15) is 18.1 Å². The van der Waals surface area contributed by atoms with Gasteiger partial charge in [-0.2, -0.15) is 0 Å². The predicted octanol–water partition coefficient (Wildman–Crippen LogP) is 6.45. The number of likely N-dealkylation sites (N-methyl/N-ethyl adjacent to an activating group) is 1. The second-order valence-corrected chi connectivity index (χ2v) is 8.57. The second kappa shape index (κ2) is 8.84. The molecule has 0 saturated carbocycles. The number of ether oxygens (including phenoxy) is 1. The lowest BCUT2D eigenvalue weighted by Gasteiger charge is -2.10. The average molecular weight is 459 g/mol. The molecule has 0 atom stereocenters.